The summed E-state index contributed by atoms with van der Waals surface area (Å²) in [6.45, 7) is 2.66. The van der Waals surface area contributed by atoms with E-state index in [1.54, 1.807) is 0 Å². The van der Waals surface area contributed by atoms with Crippen molar-refractivity contribution in [3.63, 3.8) is 0 Å². The Morgan fingerprint density at radius 2 is 2.22 bits per heavy atom. The summed E-state index contributed by atoms with van der Waals surface area (Å²) in [5.74, 6) is 0. The van der Waals surface area contributed by atoms with E-state index in [1.165, 1.54) is 11.3 Å². The molecule has 1 aromatic heterocycles. The van der Waals surface area contributed by atoms with Crippen LogP contribution in [0.2, 0.25) is 0 Å². The van der Waals surface area contributed by atoms with Crippen LogP contribution in [0.5, 0.6) is 0 Å². The molecule has 1 heterocycles. The standard InChI is InChI=1S/C14H20N4/c1-11-5-4-6-12(7-11)18(3)13(8-15)14-9-16-10-17(14)2/h4-7,9-10,13H,8,15H2,1-3H3. The highest BCUT2D eigenvalue weighted by molar-refractivity contribution is 5.49. The Bertz CT molecular complexity index is 518. The number of hydrogen-bond acceptors (Lipinski definition) is 3. The number of hydrogen-bond donors (Lipinski definition) is 1. The van der Waals surface area contributed by atoms with E-state index in [-0.39, 0.29) is 6.04 Å². The first-order valence-electron chi connectivity index (χ1n) is 6.09. The van der Waals surface area contributed by atoms with Crippen LogP contribution in [-0.2, 0) is 7.05 Å². The van der Waals surface area contributed by atoms with Gasteiger partial charge in [0.25, 0.3) is 0 Å². The van der Waals surface area contributed by atoms with Gasteiger partial charge in [-0.25, -0.2) is 4.98 Å². The van der Waals surface area contributed by atoms with Crippen molar-refractivity contribution in [1.82, 2.24) is 9.55 Å². The Morgan fingerprint density at radius 3 is 2.78 bits per heavy atom. The van der Waals surface area contributed by atoms with Crippen LogP contribution in [0.3, 0.4) is 0 Å². The lowest BCUT2D eigenvalue weighted by molar-refractivity contribution is 0.629. The van der Waals surface area contributed by atoms with E-state index in [0.717, 1.165) is 5.69 Å². The lowest BCUT2D eigenvalue weighted by Gasteiger charge is -2.29. The molecule has 1 atom stereocenters. The Morgan fingerprint density at radius 1 is 1.44 bits per heavy atom. The summed E-state index contributed by atoms with van der Waals surface area (Å²) >= 11 is 0. The molecule has 2 aromatic rings. The largest absolute Gasteiger partial charge is 0.365 e. The second-order valence-electron chi connectivity index (χ2n) is 4.63. The highest BCUT2D eigenvalue weighted by Crippen LogP contribution is 2.24. The number of nitrogens with two attached hydrogens (primary N) is 1. The zero-order chi connectivity index (χ0) is 13.1. The van der Waals surface area contributed by atoms with Crippen LogP contribution in [0.15, 0.2) is 36.8 Å². The third kappa shape index (κ3) is 2.38. The van der Waals surface area contributed by atoms with Gasteiger partial charge in [-0.2, -0.15) is 0 Å². The van der Waals surface area contributed by atoms with E-state index in [0.29, 0.717) is 6.54 Å². The van der Waals surface area contributed by atoms with Gasteiger partial charge in [0.1, 0.15) is 0 Å². The SMILES string of the molecule is Cc1cccc(N(C)C(CN)c2cncn2C)c1. The molecule has 1 aromatic carbocycles. The van der Waals surface area contributed by atoms with Crippen molar-refractivity contribution in [2.45, 2.75) is 13.0 Å². The number of aryl methyl sites for hydroxylation is 2. The molecule has 4 nitrogen and oxygen atoms in total. The average molecular weight is 244 g/mol. The van der Waals surface area contributed by atoms with E-state index >= 15 is 0 Å². The predicted molar refractivity (Wildman–Crippen MR) is 74.6 cm³/mol. The summed E-state index contributed by atoms with van der Waals surface area (Å²) in [6.07, 6.45) is 3.69. The first-order valence-corrected chi connectivity index (χ1v) is 6.09. The van der Waals surface area contributed by atoms with Crippen LogP contribution in [0.1, 0.15) is 17.3 Å². The van der Waals surface area contributed by atoms with Crippen molar-refractivity contribution >= 4 is 5.69 Å². The molecule has 0 radical (unpaired) electrons. The Kier molecular flexibility index (Phi) is 3.67. The van der Waals surface area contributed by atoms with Gasteiger partial charge >= 0.3 is 0 Å². The number of aromatic nitrogens is 2. The molecular formula is C14H20N4. The molecule has 4 heteroatoms. The number of nitrogens with zero attached hydrogens (tertiary/aromatic N) is 3. The fourth-order valence-electron chi connectivity index (χ4n) is 2.19. The number of likely N-dealkylation sites (N-methyl/N-ethyl adjacent to an activating group) is 1. The lowest BCUT2D eigenvalue weighted by Crippen LogP contribution is -2.31. The van der Waals surface area contributed by atoms with Crippen LogP contribution >= 0.6 is 0 Å². The van der Waals surface area contributed by atoms with E-state index in [4.69, 9.17) is 5.73 Å². The minimum absolute atomic E-state index is 0.138. The minimum Gasteiger partial charge on any atom is -0.365 e. The van der Waals surface area contributed by atoms with Gasteiger partial charge in [0.15, 0.2) is 0 Å². The number of anilines is 1. The molecule has 18 heavy (non-hydrogen) atoms. The number of benzene rings is 1. The van der Waals surface area contributed by atoms with Crippen molar-refractivity contribution in [2.75, 3.05) is 18.5 Å². The maximum atomic E-state index is 5.93. The molecule has 1 unspecified atom stereocenters. The van der Waals surface area contributed by atoms with Gasteiger partial charge in [-0.05, 0) is 24.6 Å². The van der Waals surface area contributed by atoms with Gasteiger partial charge in [-0.1, -0.05) is 12.1 Å². The Hall–Kier alpha value is -1.81. The quantitative estimate of drug-likeness (QED) is 0.893. The molecule has 0 saturated heterocycles. The zero-order valence-electron chi connectivity index (χ0n) is 11.2. The third-order valence-electron chi connectivity index (χ3n) is 3.30. The second-order valence-corrected chi connectivity index (χ2v) is 4.63. The van der Waals surface area contributed by atoms with Crippen molar-refractivity contribution in [2.24, 2.45) is 12.8 Å². The molecule has 0 aliphatic carbocycles. The second kappa shape index (κ2) is 5.23. The summed E-state index contributed by atoms with van der Waals surface area (Å²) in [7, 11) is 4.06. The fraction of sp³-hybridized carbons (Fsp3) is 0.357. The van der Waals surface area contributed by atoms with E-state index in [9.17, 15) is 0 Å². The molecule has 0 spiro atoms. The van der Waals surface area contributed by atoms with Crippen LogP contribution in [-0.4, -0.2) is 23.1 Å². The molecule has 0 bridgehead atoms. The highest BCUT2D eigenvalue weighted by atomic mass is 15.2. The van der Waals surface area contributed by atoms with Gasteiger partial charge in [-0.3, -0.25) is 0 Å². The van der Waals surface area contributed by atoms with Crippen LogP contribution in [0.25, 0.3) is 0 Å². The molecule has 2 N–H and O–H groups in total. The maximum Gasteiger partial charge on any atom is 0.0946 e. The fourth-order valence-corrected chi connectivity index (χ4v) is 2.19. The smallest absolute Gasteiger partial charge is 0.0946 e. The van der Waals surface area contributed by atoms with Gasteiger partial charge in [0, 0.05) is 26.3 Å². The summed E-state index contributed by atoms with van der Waals surface area (Å²) < 4.78 is 2.02. The molecule has 0 aliphatic heterocycles. The normalized spacial score (nSPS) is 12.4. The first kappa shape index (κ1) is 12.6. The molecule has 0 fully saturated rings. The highest BCUT2D eigenvalue weighted by Gasteiger charge is 2.18. The minimum atomic E-state index is 0.138. The van der Waals surface area contributed by atoms with Crippen LogP contribution in [0.4, 0.5) is 5.69 Å². The maximum absolute atomic E-state index is 5.93. The van der Waals surface area contributed by atoms with Crippen molar-refractivity contribution in [3.05, 3.63) is 48.0 Å². The van der Waals surface area contributed by atoms with Gasteiger partial charge in [-0.15, -0.1) is 0 Å². The molecule has 0 amide bonds. The van der Waals surface area contributed by atoms with E-state index in [2.05, 4.69) is 48.1 Å². The van der Waals surface area contributed by atoms with Gasteiger partial charge in [0.2, 0.25) is 0 Å². The summed E-state index contributed by atoms with van der Waals surface area (Å²) in [5.41, 5.74) is 9.48. The van der Waals surface area contributed by atoms with Crippen molar-refractivity contribution in [1.29, 1.82) is 0 Å². The van der Waals surface area contributed by atoms with Crippen LogP contribution in [0, 0.1) is 6.92 Å². The lowest BCUT2D eigenvalue weighted by atomic mass is 10.1. The monoisotopic (exact) mass is 244 g/mol. The molecular weight excluding hydrogens is 224 g/mol. The molecule has 0 saturated carbocycles. The summed E-state index contributed by atoms with van der Waals surface area (Å²) in [5, 5.41) is 0. The summed E-state index contributed by atoms with van der Waals surface area (Å²) in [6, 6.07) is 8.57. The van der Waals surface area contributed by atoms with Gasteiger partial charge in [0.05, 0.1) is 24.3 Å². The van der Waals surface area contributed by atoms with Gasteiger partial charge < -0.3 is 15.2 Å². The predicted octanol–water partition coefficient (Wildman–Crippen LogP) is 1.86. The topological polar surface area (TPSA) is 47.1 Å². The number of rotatable bonds is 4. The molecule has 96 valence electrons. The van der Waals surface area contributed by atoms with Crippen molar-refractivity contribution in [3.8, 4) is 0 Å². The molecule has 0 aliphatic rings. The summed E-state index contributed by atoms with van der Waals surface area (Å²) in [4.78, 5) is 6.36. The zero-order valence-corrected chi connectivity index (χ0v) is 11.2. The van der Waals surface area contributed by atoms with Crippen LogP contribution < -0.4 is 10.6 Å². The third-order valence-corrected chi connectivity index (χ3v) is 3.30. The Labute approximate surface area is 108 Å². The number of imidazole rings is 1. The Balaban J connectivity index is 2.31. The van der Waals surface area contributed by atoms with Crippen molar-refractivity contribution < 1.29 is 0 Å². The average Bonchev–Trinajstić information content (AvgIpc) is 2.77. The molecule has 2 rings (SSSR count). The van der Waals surface area contributed by atoms with E-state index in [1.807, 2.05) is 24.1 Å². The van der Waals surface area contributed by atoms with E-state index < -0.39 is 0 Å². The first-order chi connectivity index (χ1) is 8.63.